The van der Waals surface area contributed by atoms with Crippen LogP contribution in [-0.2, 0) is 0 Å². The Balaban J connectivity index is 2.18. The fraction of sp³-hybridized carbons (Fsp3) is 0.211. The van der Waals surface area contributed by atoms with Gasteiger partial charge in [0.05, 0.1) is 17.1 Å². The molecule has 0 saturated carbocycles. The van der Waals surface area contributed by atoms with Crippen LogP contribution in [-0.4, -0.2) is 15.9 Å². The summed E-state index contributed by atoms with van der Waals surface area (Å²) in [6, 6.07) is 11.4. The molecule has 0 saturated heterocycles. The van der Waals surface area contributed by atoms with Gasteiger partial charge in [0.2, 0.25) is 0 Å². The number of hydrogen-bond donors (Lipinski definition) is 0. The van der Waals surface area contributed by atoms with Gasteiger partial charge in [-0.2, -0.15) is 9.78 Å². The van der Waals surface area contributed by atoms with Gasteiger partial charge in [0, 0.05) is 10.4 Å². The Morgan fingerprint density at radius 2 is 2.00 bits per heavy atom. The first-order valence-corrected chi connectivity index (χ1v) is 8.81. The van der Waals surface area contributed by atoms with Crippen LogP contribution in [0.3, 0.4) is 0 Å². The molecule has 0 aliphatic heterocycles. The van der Waals surface area contributed by atoms with Gasteiger partial charge in [0.25, 0.3) is 5.56 Å². The molecule has 0 amide bonds. The highest BCUT2D eigenvalue weighted by molar-refractivity contribution is 9.10. The van der Waals surface area contributed by atoms with Gasteiger partial charge >= 0.3 is 0 Å². The molecule has 3 aromatic rings. The second-order valence-electron chi connectivity index (χ2n) is 5.85. The molecule has 0 fully saturated rings. The fourth-order valence-corrected chi connectivity index (χ4v) is 2.81. The molecule has 2 aromatic carbocycles. The summed E-state index contributed by atoms with van der Waals surface area (Å²) in [6.07, 6.45) is 2.37. The van der Waals surface area contributed by atoms with Crippen molar-refractivity contribution in [3.63, 3.8) is 0 Å². The number of aromatic nitrogens is 2. The van der Waals surface area contributed by atoms with Gasteiger partial charge in [-0.15, -0.1) is 0 Å². The summed E-state index contributed by atoms with van der Waals surface area (Å²) in [7, 11) is 0. The zero-order chi connectivity index (χ0) is 18.0. The van der Waals surface area contributed by atoms with Crippen molar-refractivity contribution in [2.45, 2.75) is 26.2 Å². The molecule has 1 heterocycles. The molecule has 1 aromatic heterocycles. The molecule has 25 heavy (non-hydrogen) atoms. The molecule has 1 atom stereocenters. The molecular formula is C19H17BrFN3O. The van der Waals surface area contributed by atoms with Gasteiger partial charge < -0.3 is 0 Å². The van der Waals surface area contributed by atoms with Crippen molar-refractivity contribution in [3.05, 3.63) is 74.5 Å². The van der Waals surface area contributed by atoms with Crippen LogP contribution in [0, 0.1) is 5.82 Å². The minimum absolute atomic E-state index is 0.0751. The van der Waals surface area contributed by atoms with Crippen LogP contribution < -0.4 is 5.56 Å². The predicted molar refractivity (Wildman–Crippen MR) is 102 cm³/mol. The number of rotatable bonds is 4. The van der Waals surface area contributed by atoms with Crippen molar-refractivity contribution in [3.8, 4) is 0 Å². The van der Waals surface area contributed by atoms with E-state index in [2.05, 4.69) is 26.0 Å². The van der Waals surface area contributed by atoms with E-state index in [0.29, 0.717) is 22.3 Å². The van der Waals surface area contributed by atoms with Crippen LogP contribution in [0.4, 0.5) is 4.39 Å². The molecule has 6 heteroatoms. The summed E-state index contributed by atoms with van der Waals surface area (Å²) in [6.45, 7) is 4.05. The molecule has 0 N–H and O–H groups in total. The smallest absolute Gasteiger partial charge is 0.267 e. The first-order chi connectivity index (χ1) is 12.0. The van der Waals surface area contributed by atoms with E-state index in [4.69, 9.17) is 0 Å². The van der Waals surface area contributed by atoms with Gasteiger partial charge in [-0.1, -0.05) is 41.9 Å². The predicted octanol–water partition coefficient (Wildman–Crippen LogP) is 4.69. The summed E-state index contributed by atoms with van der Waals surface area (Å²) in [5.41, 5.74) is 1.13. The van der Waals surface area contributed by atoms with Gasteiger partial charge in [-0.3, -0.25) is 4.79 Å². The van der Waals surface area contributed by atoms with E-state index in [9.17, 15) is 9.18 Å². The average molecular weight is 402 g/mol. The molecule has 3 rings (SSSR count). The normalized spacial score (nSPS) is 12.8. The number of hydrogen-bond acceptors (Lipinski definition) is 3. The van der Waals surface area contributed by atoms with Gasteiger partial charge in [-0.05, 0) is 42.3 Å². The summed E-state index contributed by atoms with van der Waals surface area (Å²) < 4.78 is 15.2. The second-order valence-corrected chi connectivity index (χ2v) is 6.77. The Morgan fingerprint density at radius 3 is 2.68 bits per heavy atom. The van der Waals surface area contributed by atoms with Crippen LogP contribution in [0.15, 0.2) is 56.8 Å². The van der Waals surface area contributed by atoms with Gasteiger partial charge in [0.15, 0.2) is 0 Å². The Hall–Kier alpha value is -2.34. The van der Waals surface area contributed by atoms with E-state index >= 15 is 0 Å². The molecular weight excluding hydrogens is 385 g/mol. The maximum Gasteiger partial charge on any atom is 0.282 e. The second kappa shape index (κ2) is 7.27. The standard InChI is InChI=1S/C19H17BrFN3O/c1-3-12(2)18-23-17-9-6-14(20)10-16(17)19(25)24(18)22-11-13-4-7-15(21)8-5-13/h4-12H,3H2,1-2H3/t12-/m1/s1. The number of halogens is 2. The van der Waals surface area contributed by atoms with Crippen molar-refractivity contribution in [2.75, 3.05) is 0 Å². The minimum Gasteiger partial charge on any atom is -0.267 e. The van der Waals surface area contributed by atoms with E-state index in [-0.39, 0.29) is 17.3 Å². The lowest BCUT2D eigenvalue weighted by molar-refractivity contribution is 0.613. The lowest BCUT2D eigenvalue weighted by Crippen LogP contribution is -2.23. The van der Waals surface area contributed by atoms with E-state index in [0.717, 1.165) is 10.9 Å². The van der Waals surface area contributed by atoms with E-state index in [1.54, 1.807) is 18.2 Å². The van der Waals surface area contributed by atoms with Crippen LogP contribution >= 0.6 is 15.9 Å². The summed E-state index contributed by atoms with van der Waals surface area (Å²) in [5.74, 6) is 0.374. The van der Waals surface area contributed by atoms with E-state index in [1.807, 2.05) is 26.0 Å². The van der Waals surface area contributed by atoms with Crippen molar-refractivity contribution in [2.24, 2.45) is 5.10 Å². The fourth-order valence-electron chi connectivity index (χ4n) is 2.45. The van der Waals surface area contributed by atoms with E-state index in [1.165, 1.54) is 23.0 Å². The summed E-state index contributed by atoms with van der Waals surface area (Å²) >= 11 is 3.38. The van der Waals surface area contributed by atoms with Crippen LogP contribution in [0.1, 0.15) is 37.6 Å². The SMILES string of the molecule is CC[C@@H](C)c1nc2ccc(Br)cc2c(=O)n1N=Cc1ccc(F)cc1. The third-order valence-corrected chi connectivity index (χ3v) is 4.57. The van der Waals surface area contributed by atoms with Crippen molar-refractivity contribution in [1.82, 2.24) is 9.66 Å². The van der Waals surface area contributed by atoms with Crippen LogP contribution in [0.5, 0.6) is 0 Å². The zero-order valence-electron chi connectivity index (χ0n) is 13.9. The van der Waals surface area contributed by atoms with E-state index < -0.39 is 0 Å². The van der Waals surface area contributed by atoms with Crippen LogP contribution in [0.2, 0.25) is 0 Å². The number of fused-ring (bicyclic) bond motifs is 1. The Labute approximate surface area is 153 Å². The lowest BCUT2D eigenvalue weighted by atomic mass is 10.1. The Morgan fingerprint density at radius 1 is 1.28 bits per heavy atom. The van der Waals surface area contributed by atoms with Crippen LogP contribution in [0.25, 0.3) is 10.9 Å². The topological polar surface area (TPSA) is 47.2 Å². The maximum absolute atomic E-state index is 13.0. The first kappa shape index (κ1) is 17.5. The summed E-state index contributed by atoms with van der Waals surface area (Å²) in [5, 5.41) is 4.83. The molecule has 128 valence electrons. The summed E-state index contributed by atoms with van der Waals surface area (Å²) in [4.78, 5) is 17.6. The Bertz CT molecular complexity index is 996. The number of benzene rings is 2. The van der Waals surface area contributed by atoms with Gasteiger partial charge in [0.1, 0.15) is 11.6 Å². The van der Waals surface area contributed by atoms with Crippen molar-refractivity contribution in [1.29, 1.82) is 0 Å². The molecule has 0 aliphatic rings. The maximum atomic E-state index is 13.0. The molecule has 4 nitrogen and oxygen atoms in total. The largest absolute Gasteiger partial charge is 0.282 e. The van der Waals surface area contributed by atoms with Crippen molar-refractivity contribution >= 4 is 33.0 Å². The molecule has 0 aliphatic carbocycles. The third-order valence-electron chi connectivity index (χ3n) is 4.08. The Kier molecular flexibility index (Phi) is 5.08. The quantitative estimate of drug-likeness (QED) is 0.595. The third kappa shape index (κ3) is 3.69. The van der Waals surface area contributed by atoms with Gasteiger partial charge in [-0.25, -0.2) is 9.37 Å². The zero-order valence-corrected chi connectivity index (χ0v) is 15.5. The lowest BCUT2D eigenvalue weighted by Gasteiger charge is -2.13. The highest BCUT2D eigenvalue weighted by atomic mass is 79.9. The van der Waals surface area contributed by atoms with Crippen molar-refractivity contribution < 1.29 is 4.39 Å². The molecule has 0 spiro atoms. The highest BCUT2D eigenvalue weighted by Crippen LogP contribution is 2.20. The minimum atomic E-state index is -0.313. The monoisotopic (exact) mass is 401 g/mol. The molecule has 0 bridgehead atoms. The number of nitrogens with zero attached hydrogens (tertiary/aromatic N) is 3. The highest BCUT2D eigenvalue weighted by Gasteiger charge is 2.15. The average Bonchev–Trinajstić information content (AvgIpc) is 2.62. The first-order valence-electron chi connectivity index (χ1n) is 8.01. The molecule has 0 radical (unpaired) electrons. The molecule has 0 unspecified atom stereocenters.